The van der Waals surface area contributed by atoms with Crippen molar-refractivity contribution in [1.82, 2.24) is 10.2 Å². The molecule has 2 aliphatic rings. The molecule has 1 unspecified atom stereocenters. The highest BCUT2D eigenvalue weighted by atomic mass is 35.5. The molecule has 21 heavy (non-hydrogen) atoms. The maximum atomic E-state index is 6.16. The summed E-state index contributed by atoms with van der Waals surface area (Å²) in [7, 11) is 0. The summed E-state index contributed by atoms with van der Waals surface area (Å²) in [6.07, 6.45) is 8.08. The third kappa shape index (κ3) is 4.13. The average molecular weight is 327 g/mol. The van der Waals surface area contributed by atoms with Crippen LogP contribution in [0.1, 0.15) is 44.1 Å². The summed E-state index contributed by atoms with van der Waals surface area (Å²) in [5.41, 5.74) is 1.24. The van der Waals surface area contributed by atoms with Crippen LogP contribution >= 0.6 is 23.2 Å². The van der Waals surface area contributed by atoms with E-state index in [4.69, 9.17) is 23.2 Å². The van der Waals surface area contributed by atoms with E-state index >= 15 is 0 Å². The average Bonchev–Trinajstić information content (AvgIpc) is 2.98. The monoisotopic (exact) mass is 326 g/mol. The predicted molar refractivity (Wildman–Crippen MR) is 90.2 cm³/mol. The Bertz CT molecular complexity index is 446. The molecule has 1 aromatic rings. The summed E-state index contributed by atoms with van der Waals surface area (Å²) in [5, 5.41) is 4.99. The van der Waals surface area contributed by atoms with Crippen LogP contribution in [0.25, 0.3) is 0 Å². The van der Waals surface area contributed by atoms with Gasteiger partial charge < -0.3 is 5.32 Å². The van der Waals surface area contributed by atoms with Gasteiger partial charge in [0, 0.05) is 35.2 Å². The van der Waals surface area contributed by atoms with E-state index in [0.29, 0.717) is 6.04 Å². The second kappa shape index (κ2) is 7.32. The highest BCUT2D eigenvalue weighted by Gasteiger charge is 2.29. The Balaban J connectivity index is 1.77. The van der Waals surface area contributed by atoms with Crippen LogP contribution in [0.4, 0.5) is 0 Å². The molecule has 1 aliphatic carbocycles. The van der Waals surface area contributed by atoms with Gasteiger partial charge in [-0.05, 0) is 49.6 Å². The third-order valence-electron chi connectivity index (χ3n) is 4.83. The quantitative estimate of drug-likeness (QED) is 0.876. The second-order valence-corrected chi connectivity index (χ2v) is 7.26. The lowest BCUT2D eigenvalue weighted by Crippen LogP contribution is -2.44. The van der Waals surface area contributed by atoms with Gasteiger partial charge in [0.25, 0.3) is 0 Å². The Hall–Kier alpha value is -0.280. The van der Waals surface area contributed by atoms with Crippen LogP contribution in [0.5, 0.6) is 0 Å². The Labute approximate surface area is 137 Å². The van der Waals surface area contributed by atoms with E-state index in [1.165, 1.54) is 44.1 Å². The van der Waals surface area contributed by atoms with Crippen LogP contribution in [0.3, 0.4) is 0 Å². The number of benzene rings is 1. The van der Waals surface area contributed by atoms with Crippen molar-refractivity contribution >= 4 is 23.2 Å². The van der Waals surface area contributed by atoms with Crippen LogP contribution in [0.2, 0.25) is 10.0 Å². The SMILES string of the molecule is Clc1cc(Cl)cc(CN(C2CCCCC2)C2CCNC2)c1. The van der Waals surface area contributed by atoms with Gasteiger partial charge in [-0.15, -0.1) is 0 Å². The molecule has 2 fully saturated rings. The lowest BCUT2D eigenvalue weighted by molar-refractivity contribution is 0.104. The molecule has 1 saturated heterocycles. The smallest absolute Gasteiger partial charge is 0.0424 e. The molecule has 1 N–H and O–H groups in total. The van der Waals surface area contributed by atoms with E-state index in [-0.39, 0.29) is 0 Å². The van der Waals surface area contributed by atoms with E-state index in [0.717, 1.165) is 35.7 Å². The number of nitrogens with one attached hydrogen (secondary N) is 1. The van der Waals surface area contributed by atoms with Crippen LogP contribution in [0.15, 0.2) is 18.2 Å². The largest absolute Gasteiger partial charge is 0.315 e. The Morgan fingerprint density at radius 2 is 1.67 bits per heavy atom. The zero-order valence-electron chi connectivity index (χ0n) is 12.5. The molecule has 3 rings (SSSR count). The van der Waals surface area contributed by atoms with Crippen molar-refractivity contribution < 1.29 is 0 Å². The van der Waals surface area contributed by atoms with Gasteiger partial charge in [-0.1, -0.05) is 42.5 Å². The Kier molecular flexibility index (Phi) is 5.44. The summed E-state index contributed by atoms with van der Waals surface area (Å²) in [4.78, 5) is 2.71. The highest BCUT2D eigenvalue weighted by molar-refractivity contribution is 6.34. The lowest BCUT2D eigenvalue weighted by Gasteiger charge is -2.38. The van der Waals surface area contributed by atoms with E-state index in [1.54, 1.807) is 0 Å². The second-order valence-electron chi connectivity index (χ2n) is 6.39. The van der Waals surface area contributed by atoms with E-state index in [9.17, 15) is 0 Å². The molecule has 0 amide bonds. The van der Waals surface area contributed by atoms with Crippen molar-refractivity contribution in [2.24, 2.45) is 0 Å². The fourth-order valence-corrected chi connectivity index (χ4v) is 4.38. The molecule has 1 atom stereocenters. The molecule has 116 valence electrons. The highest BCUT2D eigenvalue weighted by Crippen LogP contribution is 2.29. The Morgan fingerprint density at radius 1 is 0.952 bits per heavy atom. The molecule has 0 radical (unpaired) electrons. The third-order valence-corrected chi connectivity index (χ3v) is 5.27. The molecule has 0 spiro atoms. The van der Waals surface area contributed by atoms with Crippen LogP contribution in [-0.4, -0.2) is 30.1 Å². The molecule has 0 aromatic heterocycles. The molecule has 0 bridgehead atoms. The molecular formula is C17H24Cl2N2. The number of rotatable bonds is 4. The molecule has 2 nitrogen and oxygen atoms in total. The van der Waals surface area contributed by atoms with Gasteiger partial charge >= 0.3 is 0 Å². The van der Waals surface area contributed by atoms with Crippen LogP contribution < -0.4 is 5.32 Å². The normalized spacial score (nSPS) is 23.9. The Morgan fingerprint density at radius 3 is 2.29 bits per heavy atom. The molecular weight excluding hydrogens is 303 g/mol. The van der Waals surface area contributed by atoms with Gasteiger partial charge in [-0.2, -0.15) is 0 Å². The van der Waals surface area contributed by atoms with Crippen molar-refractivity contribution in [2.75, 3.05) is 13.1 Å². The number of hydrogen-bond donors (Lipinski definition) is 1. The number of hydrogen-bond acceptors (Lipinski definition) is 2. The van der Waals surface area contributed by atoms with E-state index < -0.39 is 0 Å². The minimum atomic E-state index is 0.658. The lowest BCUT2D eigenvalue weighted by atomic mass is 9.92. The van der Waals surface area contributed by atoms with Gasteiger partial charge in [-0.3, -0.25) is 4.90 Å². The number of halogens is 2. The zero-order valence-corrected chi connectivity index (χ0v) is 14.0. The van der Waals surface area contributed by atoms with Crippen molar-refractivity contribution in [2.45, 2.75) is 57.2 Å². The van der Waals surface area contributed by atoms with Gasteiger partial charge in [0.15, 0.2) is 0 Å². The van der Waals surface area contributed by atoms with Gasteiger partial charge in [0.05, 0.1) is 0 Å². The first-order valence-corrected chi connectivity index (χ1v) is 8.89. The summed E-state index contributed by atoms with van der Waals surface area (Å²) < 4.78 is 0. The van der Waals surface area contributed by atoms with E-state index in [2.05, 4.69) is 22.3 Å². The fourth-order valence-electron chi connectivity index (χ4n) is 3.80. The maximum absolute atomic E-state index is 6.16. The summed E-state index contributed by atoms with van der Waals surface area (Å²) in [5.74, 6) is 0. The molecule has 1 aliphatic heterocycles. The minimum Gasteiger partial charge on any atom is -0.315 e. The molecule has 1 saturated carbocycles. The molecule has 1 aromatic carbocycles. The molecule has 4 heteroatoms. The first kappa shape index (κ1) is 15.6. The first-order valence-electron chi connectivity index (χ1n) is 8.14. The summed E-state index contributed by atoms with van der Waals surface area (Å²) >= 11 is 12.3. The van der Waals surface area contributed by atoms with Crippen molar-refractivity contribution in [3.63, 3.8) is 0 Å². The summed E-state index contributed by atoms with van der Waals surface area (Å²) in [6.45, 7) is 3.23. The zero-order chi connectivity index (χ0) is 14.7. The standard InChI is InChI=1S/C17H24Cl2N2/c18-14-8-13(9-15(19)10-14)12-21(17-6-7-20-11-17)16-4-2-1-3-5-16/h8-10,16-17,20H,1-7,11-12H2. The van der Waals surface area contributed by atoms with Gasteiger partial charge in [0.2, 0.25) is 0 Å². The van der Waals surface area contributed by atoms with Crippen molar-refractivity contribution in [3.8, 4) is 0 Å². The van der Waals surface area contributed by atoms with Crippen molar-refractivity contribution in [1.29, 1.82) is 0 Å². The minimum absolute atomic E-state index is 0.658. The first-order chi connectivity index (χ1) is 10.2. The van der Waals surface area contributed by atoms with Gasteiger partial charge in [0.1, 0.15) is 0 Å². The van der Waals surface area contributed by atoms with Gasteiger partial charge in [-0.25, -0.2) is 0 Å². The van der Waals surface area contributed by atoms with Crippen molar-refractivity contribution in [3.05, 3.63) is 33.8 Å². The topological polar surface area (TPSA) is 15.3 Å². The molecule has 1 heterocycles. The van der Waals surface area contributed by atoms with Crippen LogP contribution in [-0.2, 0) is 6.54 Å². The number of nitrogens with zero attached hydrogens (tertiary/aromatic N) is 1. The fraction of sp³-hybridized carbons (Fsp3) is 0.647. The van der Waals surface area contributed by atoms with Crippen LogP contribution in [0, 0.1) is 0 Å². The predicted octanol–water partition coefficient (Wildman–Crippen LogP) is 4.49. The maximum Gasteiger partial charge on any atom is 0.0424 e. The summed E-state index contributed by atoms with van der Waals surface area (Å²) in [6, 6.07) is 7.32. The van der Waals surface area contributed by atoms with E-state index in [1.807, 2.05) is 6.07 Å².